The fourth-order valence-electron chi connectivity index (χ4n) is 8.76. The van der Waals surface area contributed by atoms with Gasteiger partial charge < -0.3 is 5.73 Å². The molecule has 0 fully saturated rings. The lowest BCUT2D eigenvalue weighted by atomic mass is 9.69. The van der Waals surface area contributed by atoms with Crippen molar-refractivity contribution in [2.45, 2.75) is 12.3 Å². The zero-order valence-corrected chi connectivity index (χ0v) is 27.1. The van der Waals surface area contributed by atoms with Gasteiger partial charge in [-0.2, -0.15) is 0 Å². The van der Waals surface area contributed by atoms with Crippen molar-refractivity contribution < 1.29 is 0 Å². The third kappa shape index (κ3) is 3.74. The van der Waals surface area contributed by atoms with Crippen molar-refractivity contribution in [2.24, 2.45) is 5.73 Å². The van der Waals surface area contributed by atoms with Crippen molar-refractivity contribution in [1.29, 1.82) is 0 Å². The first-order valence-corrected chi connectivity index (χ1v) is 17.0. The van der Waals surface area contributed by atoms with E-state index in [0.29, 0.717) is 5.70 Å². The predicted molar refractivity (Wildman–Crippen MR) is 205 cm³/mol. The molecule has 0 unspecified atom stereocenters. The quantitative estimate of drug-likeness (QED) is 0.157. The molecule has 7 aromatic carbocycles. The summed E-state index contributed by atoms with van der Waals surface area (Å²) < 4.78 is 0. The Hall–Kier alpha value is -6.25. The average molecular weight is 625 g/mol. The number of aromatic nitrogens is 1. The molecular weight excluding hydrogens is 593 g/mol. The number of hydrogen-bond acceptors (Lipinski definition) is 2. The Balaban J connectivity index is 1.32. The first-order chi connectivity index (χ1) is 24.2. The number of nitrogens with zero attached hydrogens (tertiary/aromatic N) is 1. The lowest BCUT2D eigenvalue weighted by Gasteiger charge is -2.32. The summed E-state index contributed by atoms with van der Waals surface area (Å²) in [7, 11) is 0. The highest BCUT2D eigenvalue weighted by molar-refractivity contribution is 6.20. The zero-order valence-electron chi connectivity index (χ0n) is 27.1. The maximum atomic E-state index is 6.39. The van der Waals surface area contributed by atoms with Gasteiger partial charge in [-0.1, -0.05) is 127 Å². The summed E-state index contributed by atoms with van der Waals surface area (Å²) in [6, 6.07) is 53.8. The lowest BCUT2D eigenvalue weighted by molar-refractivity contribution is 0.803. The van der Waals surface area contributed by atoms with Crippen LogP contribution >= 0.6 is 0 Å². The number of hydrogen-bond donors (Lipinski definition) is 1. The molecular formula is C47H32N2. The molecule has 2 N–H and O–H groups in total. The topological polar surface area (TPSA) is 38.9 Å². The van der Waals surface area contributed by atoms with Crippen LogP contribution in [0.25, 0.3) is 71.5 Å². The largest absolute Gasteiger partial charge is 0.397 e. The molecule has 230 valence electrons. The Bertz CT molecular complexity index is 2700. The molecule has 0 amide bonds. The molecule has 1 aromatic heterocycles. The molecule has 1 spiro atoms. The Morgan fingerprint density at radius 3 is 1.96 bits per heavy atom. The van der Waals surface area contributed by atoms with Crippen LogP contribution in [0.5, 0.6) is 0 Å². The second kappa shape index (κ2) is 10.4. The van der Waals surface area contributed by atoms with Crippen LogP contribution in [-0.2, 0) is 5.41 Å². The molecule has 2 aliphatic rings. The number of rotatable bonds is 3. The van der Waals surface area contributed by atoms with Gasteiger partial charge in [0.05, 0.1) is 22.5 Å². The standard InChI is InChI=1S/C47H32N2/c1-2-3-21-42(48)44-23-12-22-43(49-44)30-25-24-29-27-38-41(28-31(29)26-30)47(39-19-10-8-15-34(39)35-16-9-11-20-40(35)47)46-37-18-7-5-14-33(37)32-13-4-6-17-36(32)45(38)46/h2-28H,48H2,1H3/b3-2-,42-21-. The van der Waals surface area contributed by atoms with Gasteiger partial charge in [-0.05, 0) is 120 Å². The van der Waals surface area contributed by atoms with E-state index in [1.807, 2.05) is 37.3 Å². The maximum absolute atomic E-state index is 6.39. The molecule has 10 rings (SSSR count). The van der Waals surface area contributed by atoms with Crippen LogP contribution in [0, 0.1) is 0 Å². The van der Waals surface area contributed by atoms with Gasteiger partial charge in [0.25, 0.3) is 0 Å². The fourth-order valence-corrected chi connectivity index (χ4v) is 8.76. The van der Waals surface area contributed by atoms with Crippen molar-refractivity contribution >= 4 is 38.0 Å². The fraction of sp³-hybridized carbons (Fsp3) is 0.0426. The normalized spacial score (nSPS) is 14.1. The minimum atomic E-state index is -0.462. The highest BCUT2D eigenvalue weighted by Gasteiger charge is 2.53. The van der Waals surface area contributed by atoms with Crippen LogP contribution in [0.15, 0.2) is 164 Å². The summed E-state index contributed by atoms with van der Waals surface area (Å²) in [5.41, 5.74) is 20.0. The van der Waals surface area contributed by atoms with E-state index in [0.717, 1.165) is 17.0 Å². The van der Waals surface area contributed by atoms with Crippen LogP contribution in [0.1, 0.15) is 34.9 Å². The third-order valence-corrected chi connectivity index (χ3v) is 10.7. The Morgan fingerprint density at radius 1 is 0.571 bits per heavy atom. The molecule has 0 bridgehead atoms. The number of benzene rings is 7. The van der Waals surface area contributed by atoms with Gasteiger partial charge in [0, 0.05) is 5.56 Å². The van der Waals surface area contributed by atoms with Gasteiger partial charge in [0.15, 0.2) is 0 Å². The van der Waals surface area contributed by atoms with E-state index in [2.05, 4.69) is 133 Å². The van der Waals surface area contributed by atoms with E-state index < -0.39 is 5.41 Å². The van der Waals surface area contributed by atoms with E-state index in [-0.39, 0.29) is 0 Å². The van der Waals surface area contributed by atoms with Crippen LogP contribution in [0.4, 0.5) is 0 Å². The summed E-state index contributed by atoms with van der Waals surface area (Å²) in [4.78, 5) is 4.98. The summed E-state index contributed by atoms with van der Waals surface area (Å²) in [6.45, 7) is 1.98. The predicted octanol–water partition coefficient (Wildman–Crippen LogP) is 11.4. The van der Waals surface area contributed by atoms with Gasteiger partial charge in [-0.3, -0.25) is 0 Å². The Labute approximate surface area is 285 Å². The summed E-state index contributed by atoms with van der Waals surface area (Å²) >= 11 is 0. The van der Waals surface area contributed by atoms with Crippen molar-refractivity contribution in [1.82, 2.24) is 4.98 Å². The highest BCUT2D eigenvalue weighted by atomic mass is 14.8. The monoisotopic (exact) mass is 624 g/mol. The number of fused-ring (bicyclic) bond motifs is 16. The number of nitrogens with two attached hydrogens (primary N) is 1. The number of pyridine rings is 1. The maximum Gasteiger partial charge on any atom is 0.0866 e. The molecule has 49 heavy (non-hydrogen) atoms. The molecule has 2 heteroatoms. The molecule has 0 radical (unpaired) electrons. The first-order valence-electron chi connectivity index (χ1n) is 17.0. The summed E-state index contributed by atoms with van der Waals surface area (Å²) in [5.74, 6) is 0. The Morgan fingerprint density at radius 2 is 1.22 bits per heavy atom. The molecule has 0 saturated heterocycles. The van der Waals surface area contributed by atoms with Gasteiger partial charge in [-0.25, -0.2) is 4.98 Å². The molecule has 8 aromatic rings. The van der Waals surface area contributed by atoms with Crippen molar-refractivity contribution in [3.63, 3.8) is 0 Å². The zero-order chi connectivity index (χ0) is 32.7. The lowest BCUT2D eigenvalue weighted by Crippen LogP contribution is -2.26. The van der Waals surface area contributed by atoms with E-state index in [4.69, 9.17) is 10.7 Å². The SMILES string of the molecule is C/C=C\C=C(/N)c1cccc(-c2ccc3cc4c(cc3c2)C2(c3ccccc3-c3ccccc32)c2c-4c3ccccc3c3ccccc23)n1. The van der Waals surface area contributed by atoms with Crippen molar-refractivity contribution in [3.8, 4) is 33.5 Å². The van der Waals surface area contributed by atoms with E-state index in [1.165, 1.54) is 76.8 Å². The highest BCUT2D eigenvalue weighted by Crippen LogP contribution is 2.65. The second-order valence-electron chi connectivity index (χ2n) is 13.2. The van der Waals surface area contributed by atoms with Gasteiger partial charge >= 0.3 is 0 Å². The molecule has 0 aliphatic heterocycles. The average Bonchev–Trinajstić information content (AvgIpc) is 3.63. The minimum absolute atomic E-state index is 0.462. The molecule has 0 atom stereocenters. The number of allylic oxidation sites excluding steroid dienone is 3. The smallest absolute Gasteiger partial charge is 0.0866 e. The van der Waals surface area contributed by atoms with E-state index in [1.54, 1.807) is 0 Å². The van der Waals surface area contributed by atoms with Crippen molar-refractivity contribution in [3.05, 3.63) is 192 Å². The molecule has 0 saturated carbocycles. The minimum Gasteiger partial charge on any atom is -0.397 e. The second-order valence-corrected chi connectivity index (χ2v) is 13.2. The van der Waals surface area contributed by atoms with Crippen LogP contribution in [0.3, 0.4) is 0 Å². The van der Waals surface area contributed by atoms with Gasteiger partial charge in [-0.15, -0.1) is 0 Å². The molecule has 1 heterocycles. The van der Waals surface area contributed by atoms with E-state index >= 15 is 0 Å². The van der Waals surface area contributed by atoms with Crippen LogP contribution in [0.2, 0.25) is 0 Å². The third-order valence-electron chi connectivity index (χ3n) is 10.7. The Kier molecular flexibility index (Phi) is 5.89. The molecule has 2 aliphatic carbocycles. The first kappa shape index (κ1) is 27.8. The summed E-state index contributed by atoms with van der Waals surface area (Å²) in [5, 5.41) is 7.62. The summed E-state index contributed by atoms with van der Waals surface area (Å²) in [6.07, 6.45) is 5.81. The van der Waals surface area contributed by atoms with Crippen LogP contribution < -0.4 is 5.73 Å². The van der Waals surface area contributed by atoms with Gasteiger partial charge in [0.1, 0.15) is 0 Å². The van der Waals surface area contributed by atoms with Gasteiger partial charge in [0.2, 0.25) is 0 Å². The van der Waals surface area contributed by atoms with Crippen LogP contribution in [-0.4, -0.2) is 4.98 Å². The van der Waals surface area contributed by atoms with E-state index in [9.17, 15) is 0 Å². The molecule has 2 nitrogen and oxygen atoms in total. The van der Waals surface area contributed by atoms with Crippen molar-refractivity contribution in [2.75, 3.05) is 0 Å².